The molecule has 118 valence electrons. The van der Waals surface area contributed by atoms with Gasteiger partial charge in [0.15, 0.2) is 0 Å². The maximum absolute atomic E-state index is 12.2. The van der Waals surface area contributed by atoms with Gasteiger partial charge in [-0.05, 0) is 12.5 Å². The summed E-state index contributed by atoms with van der Waals surface area (Å²) >= 11 is 0. The number of nitro groups is 1. The van der Waals surface area contributed by atoms with Gasteiger partial charge in [0.1, 0.15) is 0 Å². The second kappa shape index (κ2) is 7.14. The molecule has 5 nitrogen and oxygen atoms in total. The fourth-order valence-corrected chi connectivity index (χ4v) is 1.72. The van der Waals surface area contributed by atoms with E-state index in [1.807, 2.05) is 6.92 Å². The van der Waals surface area contributed by atoms with Crippen molar-refractivity contribution in [3.63, 3.8) is 0 Å². The first-order chi connectivity index (χ1) is 9.73. The molecule has 0 aliphatic heterocycles. The van der Waals surface area contributed by atoms with Gasteiger partial charge >= 0.3 is 6.18 Å². The minimum atomic E-state index is -4.25. The number of anilines is 2. The molecule has 0 unspecified atom stereocenters. The first-order valence-electron chi connectivity index (χ1n) is 6.54. The molecule has 1 N–H and O–H groups in total. The van der Waals surface area contributed by atoms with Gasteiger partial charge in [-0.2, -0.15) is 13.2 Å². The zero-order valence-corrected chi connectivity index (χ0v) is 11.9. The molecule has 0 atom stereocenters. The molecule has 0 aliphatic carbocycles. The summed E-state index contributed by atoms with van der Waals surface area (Å²) in [6.45, 7) is 2.32. The fraction of sp³-hybridized carbons (Fsp3) is 0.538. The number of hydrogen-bond acceptors (Lipinski definition) is 4. The molecule has 8 heteroatoms. The molecular weight excluding hydrogens is 287 g/mol. The zero-order chi connectivity index (χ0) is 16.0. The molecule has 1 rings (SSSR count). The number of nitro benzene ring substituents is 1. The second-order valence-corrected chi connectivity index (χ2v) is 4.71. The molecule has 0 heterocycles. The Morgan fingerprint density at radius 1 is 1.33 bits per heavy atom. The number of alkyl halides is 3. The van der Waals surface area contributed by atoms with Crippen LogP contribution in [0.1, 0.15) is 19.8 Å². The summed E-state index contributed by atoms with van der Waals surface area (Å²) in [5.41, 5.74) is 0.761. The van der Waals surface area contributed by atoms with Crippen LogP contribution in [0.5, 0.6) is 0 Å². The Hall–Kier alpha value is -1.99. The van der Waals surface area contributed by atoms with Crippen LogP contribution in [-0.2, 0) is 0 Å². The summed E-state index contributed by atoms with van der Waals surface area (Å²) in [6, 6.07) is 4.25. The van der Waals surface area contributed by atoms with Crippen molar-refractivity contribution >= 4 is 17.1 Å². The van der Waals surface area contributed by atoms with Crippen LogP contribution in [0, 0.1) is 10.1 Å². The average molecular weight is 305 g/mol. The molecule has 0 radical (unpaired) electrons. The smallest absolute Gasteiger partial charge is 0.385 e. The SMILES string of the molecule is CCCNc1cc(N(C)CCC(F)(F)F)cc([N+](=O)[O-])c1. The molecule has 21 heavy (non-hydrogen) atoms. The van der Waals surface area contributed by atoms with Gasteiger partial charge in [-0.3, -0.25) is 10.1 Å². The van der Waals surface area contributed by atoms with E-state index in [1.54, 1.807) is 6.07 Å². The number of non-ortho nitro benzene ring substituents is 1. The Bertz CT molecular complexity index is 492. The molecule has 0 spiro atoms. The van der Waals surface area contributed by atoms with Crippen molar-refractivity contribution < 1.29 is 18.1 Å². The molecule has 0 saturated carbocycles. The van der Waals surface area contributed by atoms with E-state index >= 15 is 0 Å². The molecule has 1 aromatic rings. The maximum Gasteiger partial charge on any atom is 0.390 e. The van der Waals surface area contributed by atoms with Crippen LogP contribution in [0.3, 0.4) is 0 Å². The molecular formula is C13H18F3N3O2. The number of nitrogens with one attached hydrogen (secondary N) is 1. The number of hydrogen-bond donors (Lipinski definition) is 1. The summed E-state index contributed by atoms with van der Waals surface area (Å²) in [6.07, 6.45) is -4.38. The molecule has 0 fully saturated rings. The van der Waals surface area contributed by atoms with Gasteiger partial charge < -0.3 is 10.2 Å². The largest absolute Gasteiger partial charge is 0.390 e. The standard InChI is InChI=1S/C13H18F3N3O2/c1-3-5-17-10-7-11(9-12(8-10)19(20)21)18(2)6-4-13(14,15)16/h7-9,17H,3-6H2,1-2H3. The minimum absolute atomic E-state index is 0.148. The summed E-state index contributed by atoms with van der Waals surface area (Å²) in [4.78, 5) is 11.7. The third kappa shape index (κ3) is 5.88. The van der Waals surface area contributed by atoms with E-state index in [0.717, 1.165) is 6.42 Å². The molecule has 0 amide bonds. The van der Waals surface area contributed by atoms with Gasteiger partial charge in [-0.25, -0.2) is 0 Å². The van der Waals surface area contributed by atoms with E-state index in [1.165, 1.54) is 24.1 Å². The highest BCUT2D eigenvalue weighted by molar-refractivity contribution is 5.64. The third-order valence-electron chi connectivity index (χ3n) is 2.86. The van der Waals surface area contributed by atoms with Crippen LogP contribution < -0.4 is 10.2 Å². The van der Waals surface area contributed by atoms with Crippen molar-refractivity contribution in [3.8, 4) is 0 Å². The van der Waals surface area contributed by atoms with Gasteiger partial charge in [-0.1, -0.05) is 6.92 Å². The van der Waals surface area contributed by atoms with E-state index in [2.05, 4.69) is 5.32 Å². The summed E-state index contributed by atoms with van der Waals surface area (Å²) in [5, 5.41) is 13.9. The van der Waals surface area contributed by atoms with E-state index in [-0.39, 0.29) is 12.2 Å². The fourth-order valence-electron chi connectivity index (χ4n) is 1.72. The van der Waals surface area contributed by atoms with Crippen molar-refractivity contribution in [2.45, 2.75) is 25.9 Å². The zero-order valence-electron chi connectivity index (χ0n) is 11.9. The highest BCUT2D eigenvalue weighted by Gasteiger charge is 2.27. The van der Waals surface area contributed by atoms with Crippen LogP contribution in [-0.4, -0.2) is 31.2 Å². The Kier molecular flexibility index (Phi) is 5.80. The van der Waals surface area contributed by atoms with E-state index in [4.69, 9.17) is 0 Å². The van der Waals surface area contributed by atoms with Crippen LogP contribution in [0.25, 0.3) is 0 Å². The van der Waals surface area contributed by atoms with Crippen molar-refractivity contribution in [3.05, 3.63) is 28.3 Å². The lowest BCUT2D eigenvalue weighted by atomic mass is 10.2. The molecule has 0 bridgehead atoms. The number of benzene rings is 1. The number of nitrogens with zero attached hydrogens (tertiary/aromatic N) is 2. The summed E-state index contributed by atoms with van der Waals surface area (Å²) in [7, 11) is 1.48. The van der Waals surface area contributed by atoms with Gasteiger partial charge in [-0.15, -0.1) is 0 Å². The Labute approximate surface area is 120 Å². The number of rotatable bonds is 7. The first-order valence-corrected chi connectivity index (χ1v) is 6.54. The lowest BCUT2D eigenvalue weighted by Gasteiger charge is -2.21. The van der Waals surface area contributed by atoms with Crippen molar-refractivity contribution in [1.82, 2.24) is 0 Å². The second-order valence-electron chi connectivity index (χ2n) is 4.71. The van der Waals surface area contributed by atoms with E-state index in [9.17, 15) is 23.3 Å². The van der Waals surface area contributed by atoms with Crippen molar-refractivity contribution in [1.29, 1.82) is 0 Å². The maximum atomic E-state index is 12.2. The Morgan fingerprint density at radius 2 is 2.00 bits per heavy atom. The predicted octanol–water partition coefficient (Wildman–Crippen LogP) is 3.81. The normalized spacial score (nSPS) is 11.3. The van der Waals surface area contributed by atoms with Crippen LogP contribution in [0.15, 0.2) is 18.2 Å². The number of halogens is 3. The van der Waals surface area contributed by atoms with E-state index in [0.29, 0.717) is 17.9 Å². The van der Waals surface area contributed by atoms with Gasteiger partial charge in [0.05, 0.1) is 11.3 Å². The van der Waals surface area contributed by atoms with Crippen LogP contribution in [0.2, 0.25) is 0 Å². The topological polar surface area (TPSA) is 58.4 Å². The lowest BCUT2D eigenvalue weighted by molar-refractivity contribution is -0.384. The van der Waals surface area contributed by atoms with Crippen LogP contribution >= 0.6 is 0 Å². The highest BCUT2D eigenvalue weighted by atomic mass is 19.4. The Balaban J connectivity index is 2.93. The average Bonchev–Trinajstić information content (AvgIpc) is 2.41. The molecule has 0 saturated heterocycles. The lowest BCUT2D eigenvalue weighted by Crippen LogP contribution is -2.24. The van der Waals surface area contributed by atoms with Crippen molar-refractivity contribution in [2.24, 2.45) is 0 Å². The van der Waals surface area contributed by atoms with Gasteiger partial charge in [0, 0.05) is 43.6 Å². The third-order valence-corrected chi connectivity index (χ3v) is 2.86. The predicted molar refractivity (Wildman–Crippen MR) is 75.8 cm³/mol. The monoisotopic (exact) mass is 305 g/mol. The summed E-state index contributed by atoms with van der Waals surface area (Å²) in [5.74, 6) is 0. The summed E-state index contributed by atoms with van der Waals surface area (Å²) < 4.78 is 36.7. The minimum Gasteiger partial charge on any atom is -0.385 e. The van der Waals surface area contributed by atoms with Crippen LogP contribution in [0.4, 0.5) is 30.2 Å². The van der Waals surface area contributed by atoms with E-state index < -0.39 is 17.5 Å². The molecule has 0 aromatic heterocycles. The molecule has 0 aliphatic rings. The van der Waals surface area contributed by atoms with Gasteiger partial charge in [0.25, 0.3) is 5.69 Å². The highest BCUT2D eigenvalue weighted by Crippen LogP contribution is 2.28. The first kappa shape index (κ1) is 17.1. The molecule has 1 aromatic carbocycles. The quantitative estimate of drug-likeness (QED) is 0.615. The van der Waals surface area contributed by atoms with Crippen molar-refractivity contribution in [2.75, 3.05) is 30.4 Å². The van der Waals surface area contributed by atoms with Gasteiger partial charge in [0.2, 0.25) is 0 Å². The Morgan fingerprint density at radius 3 is 2.52 bits per heavy atom.